The molecule has 4 unspecified atom stereocenters. The lowest BCUT2D eigenvalue weighted by Crippen LogP contribution is -2.65. The Hall–Kier alpha value is -3.84. The Balaban J connectivity index is 1.59. The molecule has 1 amide bonds. The summed E-state index contributed by atoms with van der Waals surface area (Å²) in [7, 11) is -0.474. The van der Waals surface area contributed by atoms with Gasteiger partial charge in [-0.3, -0.25) is 28.3 Å². The van der Waals surface area contributed by atoms with Gasteiger partial charge in [0.2, 0.25) is 5.78 Å². The second-order valence-electron chi connectivity index (χ2n) is 13.5. The number of hydrogen-bond acceptors (Lipinski definition) is 11. The molecule has 276 valence electrons. The molecular weight excluding hydrogens is 677 g/mol. The summed E-state index contributed by atoms with van der Waals surface area (Å²) in [5.74, 6) is -7.03. The van der Waals surface area contributed by atoms with Gasteiger partial charge in [0.05, 0.1) is 24.8 Å². The van der Waals surface area contributed by atoms with Gasteiger partial charge in [0.25, 0.3) is 5.91 Å². The van der Waals surface area contributed by atoms with E-state index in [1.54, 1.807) is 38.7 Å². The Kier molecular flexibility index (Phi) is 11.3. The highest BCUT2D eigenvalue weighted by Crippen LogP contribution is 2.55. The number of likely N-dealkylation sites (N-methyl/N-ethyl adjacent to an activating group) is 1. The number of carbonyl (C=O) groups excluding carboxylic acids is 3. The van der Waals surface area contributed by atoms with Crippen molar-refractivity contribution in [3.63, 3.8) is 0 Å². The zero-order chi connectivity index (χ0) is 37.4. The van der Waals surface area contributed by atoms with Crippen LogP contribution in [0.2, 0.25) is 0 Å². The molecule has 13 nitrogen and oxygen atoms in total. The minimum absolute atomic E-state index is 0.00702. The number of aliphatic hydroxyl groups excluding tert-OH is 2. The summed E-state index contributed by atoms with van der Waals surface area (Å²) in [6, 6.07) is 9.52. The molecule has 1 fully saturated rings. The molecule has 0 radical (unpaired) electrons. The summed E-state index contributed by atoms with van der Waals surface area (Å²) < 4.78 is 27.0. The fraction of sp³-hybridized carbons (Fsp3) is 0.486. The van der Waals surface area contributed by atoms with Crippen LogP contribution in [0.4, 0.5) is 0 Å². The quantitative estimate of drug-likeness (QED) is 0.101. The average Bonchev–Trinajstić information content (AvgIpc) is 3.06. The number of aliphatic hydroxyl groups is 3. The van der Waals surface area contributed by atoms with Gasteiger partial charge in [-0.25, -0.2) is 9.24 Å². The summed E-state index contributed by atoms with van der Waals surface area (Å²) in [6.45, 7) is 6.83. The molecule has 0 aromatic heterocycles. The van der Waals surface area contributed by atoms with Gasteiger partial charge >= 0.3 is 7.75 Å². The van der Waals surface area contributed by atoms with Crippen LogP contribution in [0.1, 0.15) is 63.1 Å². The van der Waals surface area contributed by atoms with E-state index in [-0.39, 0.29) is 49.5 Å². The van der Waals surface area contributed by atoms with Crippen molar-refractivity contribution in [1.29, 1.82) is 0 Å². The third kappa shape index (κ3) is 6.67. The van der Waals surface area contributed by atoms with Gasteiger partial charge in [0.15, 0.2) is 11.4 Å². The van der Waals surface area contributed by atoms with Crippen molar-refractivity contribution in [2.45, 2.75) is 71.1 Å². The molecule has 4 atom stereocenters. The van der Waals surface area contributed by atoms with Crippen LogP contribution in [0.15, 0.2) is 53.3 Å². The molecule has 2 aromatic carbocycles. The molecular formula is C37H48N3O10P. The highest BCUT2D eigenvalue weighted by molar-refractivity contribution is 7.51. The molecule has 0 heterocycles. The molecule has 0 aliphatic heterocycles. The number of phenolic OH excluding ortho intramolecular Hbond substituents is 1. The van der Waals surface area contributed by atoms with E-state index in [2.05, 4.69) is 6.92 Å². The minimum Gasteiger partial charge on any atom is -0.508 e. The van der Waals surface area contributed by atoms with Crippen molar-refractivity contribution < 1.29 is 48.4 Å². The predicted molar refractivity (Wildman–Crippen MR) is 190 cm³/mol. The molecule has 5 rings (SSSR count). The largest absolute Gasteiger partial charge is 0.508 e. The highest BCUT2D eigenvalue weighted by atomic mass is 31.2. The van der Waals surface area contributed by atoms with Crippen LogP contribution in [0.3, 0.4) is 0 Å². The van der Waals surface area contributed by atoms with Crippen LogP contribution in [0.25, 0.3) is 16.9 Å². The maximum atomic E-state index is 14.2. The number of rotatable bonds is 14. The lowest BCUT2D eigenvalue weighted by molar-refractivity contribution is -0.153. The van der Waals surface area contributed by atoms with E-state index >= 15 is 0 Å². The smallest absolute Gasteiger partial charge is 0.408 e. The zero-order valence-electron chi connectivity index (χ0n) is 29.7. The Morgan fingerprint density at radius 3 is 2.33 bits per heavy atom. The van der Waals surface area contributed by atoms with Crippen LogP contribution in [-0.2, 0) is 41.0 Å². The number of aromatic hydroxyl groups is 1. The summed E-state index contributed by atoms with van der Waals surface area (Å²) in [4.78, 5) is 41.4. The fourth-order valence-electron chi connectivity index (χ4n) is 7.92. The maximum absolute atomic E-state index is 14.2. The van der Waals surface area contributed by atoms with Crippen molar-refractivity contribution in [3.05, 3.63) is 70.0 Å². The number of ketones is 2. The van der Waals surface area contributed by atoms with Crippen molar-refractivity contribution in [3.8, 4) is 16.9 Å². The molecule has 3 aliphatic carbocycles. The molecule has 51 heavy (non-hydrogen) atoms. The van der Waals surface area contributed by atoms with Gasteiger partial charge in [0.1, 0.15) is 22.8 Å². The fourth-order valence-corrected chi connectivity index (χ4v) is 9.70. The predicted octanol–water partition coefficient (Wildman–Crippen LogP) is 4.80. The van der Waals surface area contributed by atoms with Gasteiger partial charge in [-0.2, -0.15) is 0 Å². The standard InChI is InChI=1S/C37H48N3O10P/c1-6-9-10-16-40(51(48,49-7-2)50-8-3)20-21-12-11-13-22(17-21)24-14-15-27(41)29-25(24)18-23-19-26-31(39(4)5)33(43)30(36(38)46)35(45)37(26,47)34(44)28(23)32(29)42/h11-15,17,23,26,31,41-42,45,47H,6-10,16,18-20H2,1-5H3,(H2,38,46). The molecule has 3 aliphatic rings. The van der Waals surface area contributed by atoms with Crippen molar-refractivity contribution in [1.82, 2.24) is 9.57 Å². The zero-order valence-corrected chi connectivity index (χ0v) is 30.6. The third-order valence-corrected chi connectivity index (χ3v) is 12.4. The Bertz CT molecular complexity index is 1830. The third-order valence-electron chi connectivity index (χ3n) is 10.2. The Morgan fingerprint density at radius 1 is 1.04 bits per heavy atom. The number of phenols is 1. The average molecular weight is 726 g/mol. The second kappa shape index (κ2) is 15.0. The molecule has 14 heteroatoms. The molecule has 1 saturated carbocycles. The first kappa shape index (κ1) is 38.4. The number of nitrogens with two attached hydrogens (primary N) is 1. The van der Waals surface area contributed by atoms with Crippen LogP contribution in [0.5, 0.6) is 5.75 Å². The summed E-state index contributed by atoms with van der Waals surface area (Å²) in [6.07, 6.45) is 2.86. The molecule has 2 aromatic rings. The highest BCUT2D eigenvalue weighted by Gasteiger charge is 2.64. The lowest BCUT2D eigenvalue weighted by Gasteiger charge is -2.50. The minimum atomic E-state index is -3.59. The lowest BCUT2D eigenvalue weighted by atomic mass is 9.57. The van der Waals surface area contributed by atoms with E-state index in [0.717, 1.165) is 30.4 Å². The van der Waals surface area contributed by atoms with E-state index in [4.69, 9.17) is 14.8 Å². The van der Waals surface area contributed by atoms with Crippen molar-refractivity contribution in [2.75, 3.05) is 33.9 Å². The topological polar surface area (TPSA) is 200 Å². The van der Waals surface area contributed by atoms with Gasteiger partial charge < -0.3 is 26.2 Å². The Morgan fingerprint density at radius 2 is 1.73 bits per heavy atom. The van der Waals surface area contributed by atoms with Gasteiger partial charge in [-0.15, -0.1) is 0 Å². The first-order chi connectivity index (χ1) is 24.2. The number of unbranched alkanes of at least 4 members (excludes halogenated alkanes) is 2. The number of benzene rings is 2. The number of Topliss-reactive ketones (excluding diaryl/α,β-unsaturated/α-hetero) is 2. The first-order valence-corrected chi connectivity index (χ1v) is 18.9. The number of hydrogen-bond donors (Lipinski definition) is 5. The number of nitrogens with zero attached hydrogens (tertiary/aromatic N) is 2. The van der Waals surface area contributed by atoms with E-state index < -0.39 is 65.8 Å². The van der Waals surface area contributed by atoms with Gasteiger partial charge in [0, 0.05) is 24.6 Å². The molecule has 0 spiro atoms. The van der Waals surface area contributed by atoms with Crippen molar-refractivity contribution >= 4 is 31.0 Å². The molecule has 0 bridgehead atoms. The monoisotopic (exact) mass is 725 g/mol. The molecule has 6 N–H and O–H groups in total. The van der Waals surface area contributed by atoms with Crippen LogP contribution in [0, 0.1) is 11.8 Å². The van der Waals surface area contributed by atoms with Gasteiger partial charge in [-0.1, -0.05) is 44.0 Å². The SMILES string of the molecule is CCCCCN(Cc1cccc(-c2ccc(O)c3c2CC2CC4C(N(C)C)C(=O)C(C(N)=O)=C(O)C4(O)C(=O)C2=C3O)c1)P(=O)(OCC)OCC. The number of carbonyl (C=O) groups is 3. The van der Waals surface area contributed by atoms with E-state index in [1.807, 2.05) is 24.3 Å². The van der Waals surface area contributed by atoms with E-state index in [1.165, 1.54) is 11.0 Å². The number of fused-ring (bicyclic) bond motifs is 3. The van der Waals surface area contributed by atoms with Crippen LogP contribution >= 0.6 is 7.75 Å². The normalized spacial score (nSPS) is 23.5. The summed E-state index contributed by atoms with van der Waals surface area (Å²) in [5, 5.41) is 45.7. The van der Waals surface area contributed by atoms with E-state index in [9.17, 15) is 39.4 Å². The summed E-state index contributed by atoms with van der Waals surface area (Å²) >= 11 is 0. The van der Waals surface area contributed by atoms with Crippen molar-refractivity contribution in [2.24, 2.45) is 17.6 Å². The van der Waals surface area contributed by atoms with Crippen LogP contribution < -0.4 is 5.73 Å². The first-order valence-electron chi connectivity index (χ1n) is 17.4. The Labute approximate surface area is 297 Å². The van der Waals surface area contributed by atoms with E-state index in [0.29, 0.717) is 17.7 Å². The number of amides is 1. The second-order valence-corrected chi connectivity index (χ2v) is 15.6. The van der Waals surface area contributed by atoms with Crippen LogP contribution in [-0.4, -0.2) is 93.0 Å². The number of primary amides is 1. The summed E-state index contributed by atoms with van der Waals surface area (Å²) in [5.41, 5.74) is 4.42. The maximum Gasteiger partial charge on any atom is 0.408 e. The van der Waals surface area contributed by atoms with Gasteiger partial charge in [-0.05, 0) is 87.5 Å². The molecule has 0 saturated heterocycles.